The molecule has 0 radical (unpaired) electrons. The SMILES string of the molecule is CCCCC1(C#N)CCC(CC)CC1. The fraction of sp³-hybridized carbons (Fsp3) is 0.923. The highest BCUT2D eigenvalue weighted by molar-refractivity contribution is 5.01. The van der Waals surface area contributed by atoms with Crippen LogP contribution in [0.25, 0.3) is 0 Å². The second kappa shape index (κ2) is 5.39. The minimum absolute atomic E-state index is 0.0572. The molecule has 0 unspecified atom stereocenters. The molecule has 0 spiro atoms. The Kier molecular flexibility index (Phi) is 4.45. The van der Waals surface area contributed by atoms with Crippen molar-refractivity contribution in [3.8, 4) is 6.07 Å². The third-order valence-corrected chi connectivity index (χ3v) is 3.89. The van der Waals surface area contributed by atoms with Crippen molar-refractivity contribution in [2.45, 2.75) is 65.2 Å². The Morgan fingerprint density at radius 2 is 1.93 bits per heavy atom. The van der Waals surface area contributed by atoms with Gasteiger partial charge in [0.25, 0.3) is 0 Å². The summed E-state index contributed by atoms with van der Waals surface area (Å²) in [4.78, 5) is 0. The van der Waals surface area contributed by atoms with E-state index in [4.69, 9.17) is 0 Å². The predicted molar refractivity (Wildman–Crippen MR) is 59.8 cm³/mol. The molecule has 80 valence electrons. The molecule has 0 bridgehead atoms. The predicted octanol–water partition coefficient (Wildman–Crippen LogP) is 4.29. The first kappa shape index (κ1) is 11.6. The fourth-order valence-corrected chi connectivity index (χ4v) is 2.57. The number of rotatable bonds is 4. The lowest BCUT2D eigenvalue weighted by atomic mass is 9.68. The lowest BCUT2D eigenvalue weighted by Gasteiger charge is -2.34. The summed E-state index contributed by atoms with van der Waals surface area (Å²) in [5.41, 5.74) is 0.0572. The van der Waals surface area contributed by atoms with Crippen LogP contribution in [0.4, 0.5) is 0 Å². The van der Waals surface area contributed by atoms with Gasteiger partial charge in [0.15, 0.2) is 0 Å². The summed E-state index contributed by atoms with van der Waals surface area (Å²) in [6, 6.07) is 2.60. The van der Waals surface area contributed by atoms with Crippen molar-refractivity contribution in [3.05, 3.63) is 0 Å². The fourth-order valence-electron chi connectivity index (χ4n) is 2.57. The van der Waals surface area contributed by atoms with Crippen molar-refractivity contribution < 1.29 is 0 Å². The molecule has 0 aromatic carbocycles. The van der Waals surface area contributed by atoms with Crippen molar-refractivity contribution in [2.75, 3.05) is 0 Å². The van der Waals surface area contributed by atoms with E-state index >= 15 is 0 Å². The minimum Gasteiger partial charge on any atom is -0.198 e. The van der Waals surface area contributed by atoms with E-state index in [1.54, 1.807) is 0 Å². The zero-order valence-corrected chi connectivity index (χ0v) is 9.68. The Labute approximate surface area is 88.5 Å². The highest BCUT2D eigenvalue weighted by atomic mass is 14.4. The average molecular weight is 193 g/mol. The average Bonchev–Trinajstić information content (AvgIpc) is 2.27. The Balaban J connectivity index is 2.45. The molecule has 0 aromatic rings. The van der Waals surface area contributed by atoms with Crippen LogP contribution in [0, 0.1) is 22.7 Å². The lowest BCUT2D eigenvalue weighted by Crippen LogP contribution is -2.25. The molecule has 14 heavy (non-hydrogen) atoms. The normalized spacial score (nSPS) is 32.5. The molecular formula is C13H23N. The van der Waals surface area contributed by atoms with E-state index in [2.05, 4.69) is 19.9 Å². The molecular weight excluding hydrogens is 170 g/mol. The van der Waals surface area contributed by atoms with Gasteiger partial charge in [-0.05, 0) is 38.0 Å². The Bertz CT molecular complexity index is 194. The molecule has 1 heteroatoms. The first-order valence-corrected chi connectivity index (χ1v) is 6.17. The van der Waals surface area contributed by atoms with Gasteiger partial charge in [-0.15, -0.1) is 0 Å². The van der Waals surface area contributed by atoms with E-state index in [9.17, 15) is 5.26 Å². The van der Waals surface area contributed by atoms with Gasteiger partial charge in [-0.3, -0.25) is 0 Å². The van der Waals surface area contributed by atoms with E-state index < -0.39 is 0 Å². The Morgan fingerprint density at radius 3 is 2.36 bits per heavy atom. The van der Waals surface area contributed by atoms with Crippen LogP contribution in [-0.2, 0) is 0 Å². The van der Waals surface area contributed by atoms with Crippen LogP contribution in [0.15, 0.2) is 0 Å². The van der Waals surface area contributed by atoms with E-state index in [1.807, 2.05) is 0 Å². The maximum atomic E-state index is 9.28. The van der Waals surface area contributed by atoms with E-state index in [1.165, 1.54) is 32.1 Å². The Morgan fingerprint density at radius 1 is 1.29 bits per heavy atom. The van der Waals surface area contributed by atoms with Gasteiger partial charge in [0.1, 0.15) is 0 Å². The summed E-state index contributed by atoms with van der Waals surface area (Å²) in [7, 11) is 0. The molecule has 0 amide bonds. The van der Waals surface area contributed by atoms with Crippen molar-refractivity contribution in [1.82, 2.24) is 0 Å². The van der Waals surface area contributed by atoms with Gasteiger partial charge in [0, 0.05) is 0 Å². The first-order valence-electron chi connectivity index (χ1n) is 6.17. The number of nitrogens with zero attached hydrogens (tertiary/aromatic N) is 1. The highest BCUT2D eigenvalue weighted by Crippen LogP contribution is 2.42. The van der Waals surface area contributed by atoms with Crippen LogP contribution in [0.3, 0.4) is 0 Å². The maximum absolute atomic E-state index is 9.28. The van der Waals surface area contributed by atoms with Gasteiger partial charge in [0.2, 0.25) is 0 Å². The van der Waals surface area contributed by atoms with Crippen LogP contribution in [0.1, 0.15) is 65.2 Å². The molecule has 0 atom stereocenters. The number of unbranched alkanes of at least 4 members (excludes halogenated alkanes) is 1. The van der Waals surface area contributed by atoms with E-state index in [-0.39, 0.29) is 5.41 Å². The Hall–Kier alpha value is -0.510. The van der Waals surface area contributed by atoms with Crippen LogP contribution in [0.2, 0.25) is 0 Å². The van der Waals surface area contributed by atoms with Gasteiger partial charge in [0.05, 0.1) is 11.5 Å². The molecule has 0 heterocycles. The molecule has 1 saturated carbocycles. The van der Waals surface area contributed by atoms with Gasteiger partial charge in [-0.1, -0.05) is 33.1 Å². The summed E-state index contributed by atoms with van der Waals surface area (Å²) >= 11 is 0. The number of nitriles is 1. The topological polar surface area (TPSA) is 23.8 Å². The number of hydrogen-bond donors (Lipinski definition) is 0. The van der Waals surface area contributed by atoms with Gasteiger partial charge >= 0.3 is 0 Å². The van der Waals surface area contributed by atoms with Crippen molar-refractivity contribution in [1.29, 1.82) is 5.26 Å². The monoisotopic (exact) mass is 193 g/mol. The second-order valence-corrected chi connectivity index (χ2v) is 4.85. The zero-order valence-electron chi connectivity index (χ0n) is 9.68. The molecule has 0 N–H and O–H groups in total. The molecule has 1 rings (SSSR count). The standard InChI is InChI=1S/C13H23N/c1-3-5-8-13(11-14)9-6-12(4-2)7-10-13/h12H,3-10H2,1-2H3. The molecule has 0 saturated heterocycles. The summed E-state index contributed by atoms with van der Waals surface area (Å²) < 4.78 is 0. The second-order valence-electron chi connectivity index (χ2n) is 4.85. The first-order chi connectivity index (χ1) is 6.76. The largest absolute Gasteiger partial charge is 0.198 e. The van der Waals surface area contributed by atoms with Crippen molar-refractivity contribution in [3.63, 3.8) is 0 Å². The highest BCUT2D eigenvalue weighted by Gasteiger charge is 2.34. The molecule has 0 aliphatic heterocycles. The molecule has 1 aliphatic rings. The van der Waals surface area contributed by atoms with Crippen molar-refractivity contribution in [2.24, 2.45) is 11.3 Å². The summed E-state index contributed by atoms with van der Waals surface area (Å²) in [5, 5.41) is 9.28. The molecule has 1 aliphatic carbocycles. The summed E-state index contributed by atoms with van der Waals surface area (Å²) in [5.74, 6) is 0.901. The third-order valence-electron chi connectivity index (χ3n) is 3.89. The minimum atomic E-state index is 0.0572. The zero-order chi connectivity index (χ0) is 10.4. The van der Waals surface area contributed by atoms with Gasteiger partial charge < -0.3 is 0 Å². The lowest BCUT2D eigenvalue weighted by molar-refractivity contribution is 0.190. The van der Waals surface area contributed by atoms with Crippen LogP contribution >= 0.6 is 0 Å². The van der Waals surface area contributed by atoms with Crippen LogP contribution < -0.4 is 0 Å². The smallest absolute Gasteiger partial charge is 0.0689 e. The third kappa shape index (κ3) is 2.74. The van der Waals surface area contributed by atoms with Gasteiger partial charge in [-0.25, -0.2) is 0 Å². The maximum Gasteiger partial charge on any atom is 0.0689 e. The summed E-state index contributed by atoms with van der Waals surface area (Å²) in [6.07, 6.45) is 9.77. The molecule has 1 fully saturated rings. The van der Waals surface area contributed by atoms with E-state index in [0.717, 1.165) is 25.2 Å². The molecule has 0 aromatic heterocycles. The molecule has 1 nitrogen and oxygen atoms in total. The van der Waals surface area contributed by atoms with Crippen LogP contribution in [-0.4, -0.2) is 0 Å². The van der Waals surface area contributed by atoms with Crippen molar-refractivity contribution >= 4 is 0 Å². The number of hydrogen-bond acceptors (Lipinski definition) is 1. The quantitative estimate of drug-likeness (QED) is 0.653. The van der Waals surface area contributed by atoms with E-state index in [0.29, 0.717) is 0 Å². The summed E-state index contributed by atoms with van der Waals surface area (Å²) in [6.45, 7) is 4.48. The van der Waals surface area contributed by atoms with Crippen LogP contribution in [0.5, 0.6) is 0 Å². The van der Waals surface area contributed by atoms with Gasteiger partial charge in [-0.2, -0.15) is 5.26 Å².